The number of nitrogens with one attached hydrogen (secondary N) is 2. The lowest BCUT2D eigenvalue weighted by atomic mass is 9.87. The van der Waals surface area contributed by atoms with Gasteiger partial charge in [0.1, 0.15) is 0 Å². The van der Waals surface area contributed by atoms with Crippen molar-refractivity contribution < 1.29 is 9.47 Å². The van der Waals surface area contributed by atoms with Crippen LogP contribution in [0.25, 0.3) is 0 Å². The Morgan fingerprint density at radius 2 is 1.96 bits per heavy atom. The molecule has 0 aromatic heterocycles. The third kappa shape index (κ3) is 9.25. The van der Waals surface area contributed by atoms with Gasteiger partial charge in [0.05, 0.1) is 13.2 Å². The molecular formula is C21H36IN3O2. The van der Waals surface area contributed by atoms with Gasteiger partial charge < -0.3 is 20.1 Å². The van der Waals surface area contributed by atoms with Crippen LogP contribution in [0.1, 0.15) is 44.7 Å². The van der Waals surface area contributed by atoms with E-state index in [1.807, 2.05) is 0 Å². The number of nitrogens with zero attached hydrogens (tertiary/aromatic N) is 1. The summed E-state index contributed by atoms with van der Waals surface area (Å²) >= 11 is 0. The molecule has 2 N–H and O–H groups in total. The zero-order chi connectivity index (χ0) is 18.8. The van der Waals surface area contributed by atoms with Crippen molar-refractivity contribution in [3.8, 4) is 0 Å². The first-order valence-corrected chi connectivity index (χ1v) is 9.68. The number of ether oxygens (including phenoxy) is 2. The van der Waals surface area contributed by atoms with Gasteiger partial charge in [-0.1, -0.05) is 45.0 Å². The van der Waals surface area contributed by atoms with Gasteiger partial charge in [-0.2, -0.15) is 0 Å². The molecule has 5 nitrogen and oxygen atoms in total. The van der Waals surface area contributed by atoms with Crippen LogP contribution in [0.5, 0.6) is 0 Å². The van der Waals surface area contributed by atoms with Crippen LogP contribution in [0.4, 0.5) is 0 Å². The van der Waals surface area contributed by atoms with Gasteiger partial charge in [0.15, 0.2) is 5.96 Å². The van der Waals surface area contributed by atoms with E-state index in [1.165, 1.54) is 11.1 Å². The Labute approximate surface area is 181 Å². The van der Waals surface area contributed by atoms with Crippen molar-refractivity contribution in [1.82, 2.24) is 10.6 Å². The number of rotatable bonds is 8. The summed E-state index contributed by atoms with van der Waals surface area (Å²) in [6.07, 6.45) is 2.10. The van der Waals surface area contributed by atoms with Crippen LogP contribution in [0.15, 0.2) is 29.3 Å². The van der Waals surface area contributed by atoms with E-state index in [0.29, 0.717) is 5.92 Å². The van der Waals surface area contributed by atoms with Crippen LogP contribution in [-0.2, 0) is 21.4 Å². The summed E-state index contributed by atoms with van der Waals surface area (Å²) < 4.78 is 11.1. The summed E-state index contributed by atoms with van der Waals surface area (Å²) in [5.74, 6) is 1.41. The molecule has 1 aliphatic heterocycles. The molecule has 154 valence electrons. The highest BCUT2D eigenvalue weighted by Gasteiger charge is 2.15. The van der Waals surface area contributed by atoms with Gasteiger partial charge in [-0.15, -0.1) is 24.0 Å². The predicted octanol–water partition coefficient (Wildman–Crippen LogP) is 3.71. The topological polar surface area (TPSA) is 54.9 Å². The maximum Gasteiger partial charge on any atom is 0.191 e. The van der Waals surface area contributed by atoms with Crippen molar-refractivity contribution >= 4 is 29.9 Å². The molecule has 6 heteroatoms. The maximum absolute atomic E-state index is 5.72. The van der Waals surface area contributed by atoms with E-state index < -0.39 is 0 Å². The Morgan fingerprint density at radius 3 is 2.56 bits per heavy atom. The lowest BCUT2D eigenvalue weighted by molar-refractivity contribution is 0.0888. The number of hydrogen-bond acceptors (Lipinski definition) is 3. The highest BCUT2D eigenvalue weighted by Crippen LogP contribution is 2.22. The van der Waals surface area contributed by atoms with Crippen molar-refractivity contribution in [2.75, 3.05) is 40.0 Å². The van der Waals surface area contributed by atoms with Crippen LogP contribution in [-0.4, -0.2) is 46.0 Å². The molecule has 1 aliphatic rings. The van der Waals surface area contributed by atoms with Gasteiger partial charge in [0, 0.05) is 39.3 Å². The summed E-state index contributed by atoms with van der Waals surface area (Å²) in [7, 11) is 1.80. The van der Waals surface area contributed by atoms with Crippen molar-refractivity contribution in [2.45, 2.75) is 45.6 Å². The average molecular weight is 489 g/mol. The lowest BCUT2D eigenvalue weighted by Crippen LogP contribution is -2.37. The van der Waals surface area contributed by atoms with E-state index in [-0.39, 0.29) is 29.4 Å². The first-order valence-electron chi connectivity index (χ1n) is 9.68. The fraction of sp³-hybridized carbons (Fsp3) is 0.667. The third-order valence-corrected chi connectivity index (χ3v) is 4.64. The van der Waals surface area contributed by atoms with E-state index >= 15 is 0 Å². The van der Waals surface area contributed by atoms with E-state index in [9.17, 15) is 0 Å². The Kier molecular flexibility index (Phi) is 11.3. The Bertz CT molecular complexity index is 550. The molecule has 0 bridgehead atoms. The minimum Gasteiger partial charge on any atom is -0.381 e. The van der Waals surface area contributed by atoms with E-state index in [4.69, 9.17) is 9.47 Å². The molecule has 0 spiro atoms. The minimum atomic E-state index is 0. The molecule has 1 unspecified atom stereocenters. The van der Waals surface area contributed by atoms with E-state index in [2.05, 4.69) is 60.7 Å². The number of halogens is 1. The zero-order valence-corrected chi connectivity index (χ0v) is 19.5. The summed E-state index contributed by atoms with van der Waals surface area (Å²) in [6.45, 7) is 11.6. The van der Waals surface area contributed by atoms with E-state index in [0.717, 1.165) is 58.3 Å². The van der Waals surface area contributed by atoms with Gasteiger partial charge in [-0.05, 0) is 29.4 Å². The third-order valence-electron chi connectivity index (χ3n) is 4.64. The molecule has 0 radical (unpaired) electrons. The molecule has 0 saturated carbocycles. The van der Waals surface area contributed by atoms with Gasteiger partial charge in [0.25, 0.3) is 0 Å². The Balaban J connectivity index is 0.00000364. The van der Waals surface area contributed by atoms with Crippen molar-refractivity contribution in [3.63, 3.8) is 0 Å². The molecule has 1 atom stereocenters. The second kappa shape index (κ2) is 12.6. The number of guanidine groups is 1. The number of aliphatic imine (C=N–C) groups is 1. The van der Waals surface area contributed by atoms with Crippen LogP contribution >= 0.6 is 24.0 Å². The summed E-state index contributed by atoms with van der Waals surface area (Å²) in [5.41, 5.74) is 2.80. The molecule has 1 heterocycles. The van der Waals surface area contributed by atoms with Crippen molar-refractivity contribution in [2.24, 2.45) is 10.9 Å². The first-order chi connectivity index (χ1) is 12.5. The number of benzene rings is 1. The highest BCUT2D eigenvalue weighted by molar-refractivity contribution is 14.0. The van der Waals surface area contributed by atoms with Crippen LogP contribution in [0.3, 0.4) is 0 Å². The fourth-order valence-corrected chi connectivity index (χ4v) is 2.87. The van der Waals surface area contributed by atoms with Crippen molar-refractivity contribution in [3.05, 3.63) is 35.4 Å². The smallest absolute Gasteiger partial charge is 0.191 e. The number of hydrogen-bond donors (Lipinski definition) is 2. The normalized spacial score (nSPS) is 17.5. The zero-order valence-electron chi connectivity index (χ0n) is 17.2. The molecule has 0 aliphatic carbocycles. The molecule has 1 fully saturated rings. The van der Waals surface area contributed by atoms with Crippen LogP contribution in [0.2, 0.25) is 0 Å². The molecule has 1 aromatic carbocycles. The largest absolute Gasteiger partial charge is 0.381 e. The predicted molar refractivity (Wildman–Crippen MR) is 123 cm³/mol. The lowest BCUT2D eigenvalue weighted by Gasteiger charge is -2.19. The molecule has 27 heavy (non-hydrogen) atoms. The van der Waals surface area contributed by atoms with Gasteiger partial charge in [0.2, 0.25) is 0 Å². The maximum atomic E-state index is 5.72. The van der Waals surface area contributed by atoms with Gasteiger partial charge in [-0.3, -0.25) is 4.99 Å². The quantitative estimate of drug-likeness (QED) is 0.253. The second-order valence-corrected chi connectivity index (χ2v) is 7.96. The molecule has 1 saturated heterocycles. The second-order valence-electron chi connectivity index (χ2n) is 7.96. The average Bonchev–Trinajstić information content (AvgIpc) is 3.13. The van der Waals surface area contributed by atoms with Crippen LogP contribution in [0, 0.1) is 5.92 Å². The van der Waals surface area contributed by atoms with Crippen LogP contribution < -0.4 is 10.6 Å². The standard InChI is InChI=1S/C21H35N3O2.HI/c1-21(2,3)19-8-6-17(7-9-19)14-24-20(22-4)23-11-5-12-25-15-18-10-13-26-16-18;/h6-9,18H,5,10-16H2,1-4H3,(H2,22,23,24);1H. The SMILES string of the molecule is CN=C(NCCCOCC1CCOC1)NCc1ccc(C(C)(C)C)cc1.I. The summed E-state index contributed by atoms with van der Waals surface area (Å²) in [6, 6.07) is 8.78. The first kappa shape index (κ1) is 24.2. The molecule has 1 aromatic rings. The molecular weight excluding hydrogens is 453 g/mol. The van der Waals surface area contributed by atoms with Crippen molar-refractivity contribution in [1.29, 1.82) is 0 Å². The Hall–Kier alpha value is -0.860. The summed E-state index contributed by atoms with van der Waals surface area (Å²) in [5, 5.41) is 6.70. The fourth-order valence-electron chi connectivity index (χ4n) is 2.87. The Morgan fingerprint density at radius 1 is 1.22 bits per heavy atom. The molecule has 2 rings (SSSR count). The van der Waals surface area contributed by atoms with Gasteiger partial charge in [-0.25, -0.2) is 0 Å². The summed E-state index contributed by atoms with van der Waals surface area (Å²) in [4.78, 5) is 4.28. The molecule has 0 amide bonds. The van der Waals surface area contributed by atoms with E-state index in [1.54, 1.807) is 7.05 Å². The monoisotopic (exact) mass is 489 g/mol. The highest BCUT2D eigenvalue weighted by atomic mass is 127. The minimum absolute atomic E-state index is 0. The van der Waals surface area contributed by atoms with Gasteiger partial charge >= 0.3 is 0 Å².